The van der Waals surface area contributed by atoms with Crippen LogP contribution in [0.5, 0.6) is 5.75 Å². The molecule has 0 N–H and O–H groups in total. The van der Waals surface area contributed by atoms with Gasteiger partial charge in [0.2, 0.25) is 5.91 Å². The number of rotatable bonds is 4. The zero-order chi connectivity index (χ0) is 20.4. The summed E-state index contributed by atoms with van der Waals surface area (Å²) >= 11 is 0. The molecule has 0 saturated carbocycles. The Hall–Kier alpha value is -3.60. The highest BCUT2D eigenvalue weighted by Gasteiger charge is 2.42. The first-order chi connectivity index (χ1) is 14.1. The number of carbonyl (C=O) groups excluding carboxylic acids is 2. The van der Waals surface area contributed by atoms with Gasteiger partial charge in [0.1, 0.15) is 18.3 Å². The van der Waals surface area contributed by atoms with Crippen molar-refractivity contribution in [1.82, 2.24) is 0 Å². The van der Waals surface area contributed by atoms with Crippen LogP contribution < -0.4 is 14.5 Å². The second-order valence-corrected chi connectivity index (χ2v) is 6.99. The molecular formula is C24H22N2O3. The molecule has 5 heteroatoms. The lowest BCUT2D eigenvalue weighted by Gasteiger charge is -2.41. The summed E-state index contributed by atoms with van der Waals surface area (Å²) in [4.78, 5) is 30.1. The highest BCUT2D eigenvalue weighted by Crippen LogP contribution is 2.35. The number of piperazine rings is 1. The summed E-state index contributed by atoms with van der Waals surface area (Å²) < 4.78 is 5.25. The molecule has 1 heterocycles. The minimum absolute atomic E-state index is 0.00519. The van der Waals surface area contributed by atoms with E-state index in [0.29, 0.717) is 11.4 Å². The second-order valence-electron chi connectivity index (χ2n) is 6.99. The Kier molecular flexibility index (Phi) is 5.04. The van der Waals surface area contributed by atoms with E-state index in [1.165, 1.54) is 0 Å². The summed E-state index contributed by atoms with van der Waals surface area (Å²) in [6, 6.07) is 23.5. The maximum atomic E-state index is 13.7. The number of aryl methyl sites for hydroxylation is 1. The molecule has 0 aliphatic carbocycles. The molecule has 146 valence electrons. The highest BCUT2D eigenvalue weighted by atomic mass is 16.5. The van der Waals surface area contributed by atoms with E-state index in [1.807, 2.05) is 85.8 Å². The predicted octanol–water partition coefficient (Wildman–Crippen LogP) is 4.12. The van der Waals surface area contributed by atoms with Crippen molar-refractivity contribution in [2.24, 2.45) is 0 Å². The summed E-state index contributed by atoms with van der Waals surface area (Å²) in [7, 11) is 1.60. The molecule has 5 nitrogen and oxygen atoms in total. The first-order valence-corrected chi connectivity index (χ1v) is 9.48. The van der Waals surface area contributed by atoms with E-state index in [4.69, 9.17) is 4.74 Å². The second kappa shape index (κ2) is 7.80. The van der Waals surface area contributed by atoms with Crippen LogP contribution in [0.15, 0.2) is 78.9 Å². The van der Waals surface area contributed by atoms with E-state index in [2.05, 4.69) is 0 Å². The molecular weight excluding hydrogens is 364 g/mol. The fraction of sp³-hybridized carbons (Fsp3) is 0.167. The van der Waals surface area contributed by atoms with Gasteiger partial charge in [-0.3, -0.25) is 14.5 Å². The maximum Gasteiger partial charge on any atom is 0.255 e. The van der Waals surface area contributed by atoms with Gasteiger partial charge in [-0.05, 0) is 48.4 Å². The SMILES string of the molecule is COc1ccc([C@H]2C(=O)N(c3ccccc3C)CC(=O)N2c2ccccc2)cc1. The van der Waals surface area contributed by atoms with Crippen LogP contribution in [-0.4, -0.2) is 25.5 Å². The molecule has 3 aromatic rings. The van der Waals surface area contributed by atoms with Crippen LogP contribution >= 0.6 is 0 Å². The number of hydrogen-bond acceptors (Lipinski definition) is 3. The molecule has 1 saturated heterocycles. The van der Waals surface area contributed by atoms with Crippen molar-refractivity contribution >= 4 is 23.2 Å². The lowest BCUT2D eigenvalue weighted by Crippen LogP contribution is -2.56. The van der Waals surface area contributed by atoms with E-state index in [-0.39, 0.29) is 18.4 Å². The Morgan fingerprint density at radius 1 is 0.862 bits per heavy atom. The highest BCUT2D eigenvalue weighted by molar-refractivity contribution is 6.14. The predicted molar refractivity (Wildman–Crippen MR) is 113 cm³/mol. The van der Waals surface area contributed by atoms with Gasteiger partial charge in [-0.15, -0.1) is 0 Å². The zero-order valence-electron chi connectivity index (χ0n) is 16.4. The van der Waals surface area contributed by atoms with E-state index >= 15 is 0 Å². The average molecular weight is 386 g/mol. The standard InChI is InChI=1S/C24H22N2O3/c1-17-8-6-7-11-21(17)25-16-22(27)26(19-9-4-3-5-10-19)23(24(25)28)18-12-14-20(29-2)15-13-18/h3-15,23H,16H2,1-2H3/t23-/m0/s1. The molecule has 2 amide bonds. The van der Waals surface area contributed by atoms with E-state index in [0.717, 1.165) is 16.8 Å². The number of carbonyl (C=O) groups is 2. The van der Waals surface area contributed by atoms with Gasteiger partial charge in [-0.25, -0.2) is 0 Å². The number of anilines is 2. The molecule has 29 heavy (non-hydrogen) atoms. The minimum Gasteiger partial charge on any atom is -0.497 e. The molecule has 1 atom stereocenters. The Morgan fingerprint density at radius 2 is 1.52 bits per heavy atom. The van der Waals surface area contributed by atoms with Crippen LogP contribution in [0.4, 0.5) is 11.4 Å². The third-order valence-electron chi connectivity index (χ3n) is 5.19. The van der Waals surface area contributed by atoms with Crippen LogP contribution in [0, 0.1) is 6.92 Å². The summed E-state index contributed by atoms with van der Waals surface area (Å²) in [6.07, 6.45) is 0. The minimum atomic E-state index is -0.746. The van der Waals surface area contributed by atoms with Gasteiger partial charge in [-0.2, -0.15) is 0 Å². The van der Waals surface area contributed by atoms with Gasteiger partial charge in [0.15, 0.2) is 0 Å². The summed E-state index contributed by atoms with van der Waals surface area (Å²) in [6.45, 7) is 1.95. The van der Waals surface area contributed by atoms with Crippen LogP contribution in [0.25, 0.3) is 0 Å². The van der Waals surface area contributed by atoms with Gasteiger partial charge < -0.3 is 9.64 Å². The number of nitrogens with zero attached hydrogens (tertiary/aromatic N) is 2. The first-order valence-electron chi connectivity index (χ1n) is 9.48. The number of amides is 2. The third-order valence-corrected chi connectivity index (χ3v) is 5.19. The van der Waals surface area contributed by atoms with Gasteiger partial charge in [0, 0.05) is 11.4 Å². The number of ether oxygens (including phenoxy) is 1. The van der Waals surface area contributed by atoms with Gasteiger partial charge in [0.05, 0.1) is 7.11 Å². The van der Waals surface area contributed by atoms with Crippen molar-refractivity contribution in [1.29, 1.82) is 0 Å². The van der Waals surface area contributed by atoms with Crippen LogP contribution in [-0.2, 0) is 9.59 Å². The van der Waals surface area contributed by atoms with E-state index in [9.17, 15) is 9.59 Å². The molecule has 1 aliphatic heterocycles. The number of benzene rings is 3. The van der Waals surface area contributed by atoms with Crippen LogP contribution in [0.2, 0.25) is 0 Å². The van der Waals surface area contributed by atoms with E-state index < -0.39 is 6.04 Å². The maximum absolute atomic E-state index is 13.7. The van der Waals surface area contributed by atoms with Crippen molar-refractivity contribution in [2.45, 2.75) is 13.0 Å². The van der Waals surface area contributed by atoms with Gasteiger partial charge in [-0.1, -0.05) is 48.5 Å². The fourth-order valence-electron chi connectivity index (χ4n) is 3.72. The van der Waals surface area contributed by atoms with Crippen LogP contribution in [0.3, 0.4) is 0 Å². The molecule has 0 radical (unpaired) electrons. The lowest BCUT2D eigenvalue weighted by atomic mass is 9.98. The molecule has 0 unspecified atom stereocenters. The van der Waals surface area contributed by atoms with Crippen LogP contribution in [0.1, 0.15) is 17.2 Å². The summed E-state index contributed by atoms with van der Waals surface area (Å²) in [5.41, 5.74) is 3.16. The van der Waals surface area contributed by atoms with Gasteiger partial charge in [0.25, 0.3) is 5.91 Å². The monoisotopic (exact) mass is 386 g/mol. The Balaban J connectivity index is 1.82. The smallest absolute Gasteiger partial charge is 0.255 e. The van der Waals surface area contributed by atoms with Crippen molar-refractivity contribution in [3.63, 3.8) is 0 Å². The molecule has 0 aromatic heterocycles. The zero-order valence-corrected chi connectivity index (χ0v) is 16.4. The van der Waals surface area contributed by atoms with Crippen molar-refractivity contribution in [2.75, 3.05) is 23.5 Å². The topological polar surface area (TPSA) is 49.9 Å². The van der Waals surface area contributed by atoms with Gasteiger partial charge >= 0.3 is 0 Å². The Labute approximate surface area is 170 Å². The number of para-hydroxylation sites is 2. The summed E-state index contributed by atoms with van der Waals surface area (Å²) in [5.74, 6) is 0.443. The lowest BCUT2D eigenvalue weighted by molar-refractivity contribution is -0.128. The third kappa shape index (κ3) is 3.47. The van der Waals surface area contributed by atoms with Crippen molar-refractivity contribution in [3.05, 3.63) is 90.0 Å². The molecule has 3 aromatic carbocycles. The average Bonchev–Trinajstić information content (AvgIpc) is 2.76. The molecule has 4 rings (SSSR count). The number of methoxy groups -OCH3 is 1. The quantitative estimate of drug-likeness (QED) is 0.678. The van der Waals surface area contributed by atoms with Crippen molar-refractivity contribution < 1.29 is 14.3 Å². The molecule has 1 aliphatic rings. The molecule has 1 fully saturated rings. The van der Waals surface area contributed by atoms with Crippen molar-refractivity contribution in [3.8, 4) is 5.75 Å². The molecule has 0 spiro atoms. The fourth-order valence-corrected chi connectivity index (χ4v) is 3.72. The normalized spacial score (nSPS) is 16.8. The first kappa shape index (κ1) is 18.7. The summed E-state index contributed by atoms with van der Waals surface area (Å²) in [5, 5.41) is 0. The van der Waals surface area contributed by atoms with E-state index in [1.54, 1.807) is 16.9 Å². The Bertz CT molecular complexity index is 1030. The Morgan fingerprint density at radius 3 is 2.17 bits per heavy atom. The number of hydrogen-bond donors (Lipinski definition) is 0. The largest absolute Gasteiger partial charge is 0.497 e. The molecule has 0 bridgehead atoms.